The summed E-state index contributed by atoms with van der Waals surface area (Å²) in [6.07, 6.45) is 0. The molecule has 0 bridgehead atoms. The van der Waals surface area contributed by atoms with Crippen LogP contribution in [-0.4, -0.2) is 5.91 Å². The van der Waals surface area contributed by atoms with Crippen LogP contribution in [-0.2, 0) is 0 Å². The van der Waals surface area contributed by atoms with Crippen molar-refractivity contribution in [3.05, 3.63) is 57.6 Å². The van der Waals surface area contributed by atoms with Crippen molar-refractivity contribution in [2.24, 2.45) is 0 Å². The number of rotatable bonds is 2. The zero-order valence-electron chi connectivity index (χ0n) is 10.2. The first-order valence-electron chi connectivity index (χ1n) is 5.60. The molecular weight excluding hydrogens is 283 g/mol. The summed E-state index contributed by atoms with van der Waals surface area (Å²) in [6, 6.07) is 10.2. The van der Waals surface area contributed by atoms with Crippen molar-refractivity contribution in [3.8, 4) is 0 Å². The Balaban J connectivity index is 2.28. The molecule has 0 aromatic heterocycles. The third-order valence-electron chi connectivity index (χ3n) is 2.71. The molecule has 0 heterocycles. The third-order valence-corrected chi connectivity index (χ3v) is 3.45. The molecule has 0 spiro atoms. The highest BCUT2D eigenvalue weighted by molar-refractivity contribution is 6.42. The number of nitrogens with one attached hydrogen (secondary N) is 1. The second-order valence-corrected chi connectivity index (χ2v) is 4.94. The molecule has 2 aromatic carbocycles. The van der Waals surface area contributed by atoms with Crippen LogP contribution in [0.1, 0.15) is 15.9 Å². The van der Waals surface area contributed by atoms with Gasteiger partial charge in [-0.05, 0) is 36.8 Å². The Bertz CT molecular complexity index is 621. The minimum atomic E-state index is -0.269. The summed E-state index contributed by atoms with van der Waals surface area (Å²) in [7, 11) is 0. The molecule has 0 radical (unpaired) electrons. The van der Waals surface area contributed by atoms with Gasteiger partial charge in [0.25, 0.3) is 5.91 Å². The summed E-state index contributed by atoms with van der Waals surface area (Å²) in [5, 5.41) is 3.57. The molecule has 0 atom stereocenters. The lowest BCUT2D eigenvalue weighted by molar-refractivity contribution is 0.102. The first kappa shape index (κ1) is 13.7. The smallest absolute Gasteiger partial charge is 0.258 e. The van der Waals surface area contributed by atoms with Gasteiger partial charge in [-0.1, -0.05) is 35.3 Å². The minimum absolute atomic E-state index is 0.269. The van der Waals surface area contributed by atoms with E-state index in [1.165, 1.54) is 0 Å². The molecule has 3 N–H and O–H groups in total. The van der Waals surface area contributed by atoms with E-state index in [1.807, 2.05) is 13.0 Å². The van der Waals surface area contributed by atoms with Crippen LogP contribution in [0, 0.1) is 6.92 Å². The van der Waals surface area contributed by atoms with Crippen LogP contribution in [0.15, 0.2) is 36.4 Å². The lowest BCUT2D eigenvalue weighted by atomic mass is 10.1. The van der Waals surface area contributed by atoms with Gasteiger partial charge in [0.05, 0.1) is 15.6 Å². The molecule has 1 amide bonds. The average molecular weight is 295 g/mol. The summed E-state index contributed by atoms with van der Waals surface area (Å²) in [5.74, 6) is -0.269. The number of aryl methyl sites for hydroxylation is 1. The van der Waals surface area contributed by atoms with Crippen LogP contribution >= 0.6 is 23.2 Å². The Hall–Kier alpha value is -1.71. The van der Waals surface area contributed by atoms with E-state index in [0.717, 1.165) is 5.56 Å². The van der Waals surface area contributed by atoms with Gasteiger partial charge < -0.3 is 11.1 Å². The van der Waals surface area contributed by atoms with Crippen LogP contribution in [0.4, 0.5) is 11.4 Å². The Morgan fingerprint density at radius 1 is 1.16 bits per heavy atom. The van der Waals surface area contributed by atoms with E-state index in [0.29, 0.717) is 27.0 Å². The van der Waals surface area contributed by atoms with Crippen LogP contribution in [0.3, 0.4) is 0 Å². The van der Waals surface area contributed by atoms with Crippen LogP contribution < -0.4 is 11.1 Å². The van der Waals surface area contributed by atoms with Crippen molar-refractivity contribution < 1.29 is 4.79 Å². The van der Waals surface area contributed by atoms with Gasteiger partial charge in [-0.2, -0.15) is 0 Å². The highest BCUT2D eigenvalue weighted by Crippen LogP contribution is 2.26. The second kappa shape index (κ2) is 5.51. The highest BCUT2D eigenvalue weighted by atomic mass is 35.5. The van der Waals surface area contributed by atoms with Crippen molar-refractivity contribution in [2.75, 3.05) is 11.1 Å². The zero-order chi connectivity index (χ0) is 14.0. The Kier molecular flexibility index (Phi) is 3.98. The molecule has 5 heteroatoms. The van der Waals surface area contributed by atoms with Gasteiger partial charge in [-0.3, -0.25) is 4.79 Å². The standard InChI is InChI=1S/C14H12Cl2N2O/c1-8-3-2-4-12(17)13(8)14(19)18-9-5-6-10(15)11(16)7-9/h2-7H,17H2,1H3,(H,18,19). The number of nitrogen functional groups attached to an aromatic ring is 1. The summed E-state index contributed by atoms with van der Waals surface area (Å²) in [4.78, 5) is 12.2. The molecule has 0 aliphatic carbocycles. The highest BCUT2D eigenvalue weighted by Gasteiger charge is 2.13. The van der Waals surface area contributed by atoms with Gasteiger partial charge in [0, 0.05) is 11.4 Å². The summed E-state index contributed by atoms with van der Waals surface area (Å²) in [6.45, 7) is 1.83. The molecule has 3 nitrogen and oxygen atoms in total. The van der Waals surface area contributed by atoms with Crippen LogP contribution in [0.25, 0.3) is 0 Å². The van der Waals surface area contributed by atoms with Gasteiger partial charge in [-0.25, -0.2) is 0 Å². The normalized spacial score (nSPS) is 10.3. The van der Waals surface area contributed by atoms with Crippen molar-refractivity contribution in [3.63, 3.8) is 0 Å². The fourth-order valence-electron chi connectivity index (χ4n) is 1.77. The van der Waals surface area contributed by atoms with Gasteiger partial charge in [0.15, 0.2) is 0 Å². The van der Waals surface area contributed by atoms with Gasteiger partial charge in [0.1, 0.15) is 0 Å². The number of nitrogens with two attached hydrogens (primary N) is 1. The molecule has 2 aromatic rings. The number of anilines is 2. The van der Waals surface area contributed by atoms with Crippen molar-refractivity contribution in [2.45, 2.75) is 6.92 Å². The van der Waals surface area contributed by atoms with E-state index in [9.17, 15) is 4.79 Å². The first-order valence-corrected chi connectivity index (χ1v) is 6.36. The monoisotopic (exact) mass is 294 g/mol. The summed E-state index contributed by atoms with van der Waals surface area (Å²) in [5.41, 5.74) is 8.12. The average Bonchev–Trinajstić information content (AvgIpc) is 2.33. The van der Waals surface area contributed by atoms with Crippen molar-refractivity contribution in [1.82, 2.24) is 0 Å². The zero-order valence-corrected chi connectivity index (χ0v) is 11.7. The molecule has 98 valence electrons. The lowest BCUT2D eigenvalue weighted by Crippen LogP contribution is -2.15. The van der Waals surface area contributed by atoms with Crippen LogP contribution in [0.5, 0.6) is 0 Å². The molecule has 0 saturated carbocycles. The number of hydrogen-bond donors (Lipinski definition) is 2. The number of benzene rings is 2. The molecule has 0 aliphatic heterocycles. The third kappa shape index (κ3) is 3.00. The molecule has 0 fully saturated rings. The number of hydrogen-bond acceptors (Lipinski definition) is 2. The maximum Gasteiger partial charge on any atom is 0.258 e. The molecule has 0 saturated heterocycles. The molecule has 19 heavy (non-hydrogen) atoms. The maximum absolute atomic E-state index is 12.2. The molecule has 0 aliphatic rings. The van der Waals surface area contributed by atoms with Gasteiger partial charge >= 0.3 is 0 Å². The molecule has 0 unspecified atom stereocenters. The fraction of sp³-hybridized carbons (Fsp3) is 0.0714. The van der Waals surface area contributed by atoms with Gasteiger partial charge in [0.2, 0.25) is 0 Å². The first-order chi connectivity index (χ1) is 8.99. The second-order valence-electron chi connectivity index (χ2n) is 4.12. The van der Waals surface area contributed by atoms with E-state index < -0.39 is 0 Å². The quantitative estimate of drug-likeness (QED) is 0.818. The Morgan fingerprint density at radius 2 is 1.89 bits per heavy atom. The van der Waals surface area contributed by atoms with Crippen molar-refractivity contribution >= 4 is 40.5 Å². The largest absolute Gasteiger partial charge is 0.398 e. The van der Waals surface area contributed by atoms with Crippen LogP contribution in [0.2, 0.25) is 10.0 Å². The maximum atomic E-state index is 12.2. The number of carbonyl (C=O) groups excluding carboxylic acids is 1. The SMILES string of the molecule is Cc1cccc(N)c1C(=O)Nc1ccc(Cl)c(Cl)c1. The summed E-state index contributed by atoms with van der Waals surface area (Å²) < 4.78 is 0. The van der Waals surface area contributed by atoms with Crippen molar-refractivity contribution in [1.29, 1.82) is 0 Å². The number of amides is 1. The minimum Gasteiger partial charge on any atom is -0.398 e. The number of carbonyl (C=O) groups is 1. The summed E-state index contributed by atoms with van der Waals surface area (Å²) >= 11 is 11.7. The topological polar surface area (TPSA) is 55.1 Å². The Labute approximate surface area is 121 Å². The number of halogens is 2. The Morgan fingerprint density at radius 3 is 2.53 bits per heavy atom. The molecule has 2 rings (SSSR count). The lowest BCUT2D eigenvalue weighted by Gasteiger charge is -2.10. The van der Waals surface area contributed by atoms with E-state index in [1.54, 1.807) is 30.3 Å². The van der Waals surface area contributed by atoms with E-state index in [-0.39, 0.29) is 5.91 Å². The molecular formula is C14H12Cl2N2O. The fourth-order valence-corrected chi connectivity index (χ4v) is 2.07. The predicted molar refractivity (Wildman–Crippen MR) is 80.0 cm³/mol. The van der Waals surface area contributed by atoms with E-state index in [4.69, 9.17) is 28.9 Å². The van der Waals surface area contributed by atoms with E-state index in [2.05, 4.69) is 5.32 Å². The van der Waals surface area contributed by atoms with Gasteiger partial charge in [-0.15, -0.1) is 0 Å². The van der Waals surface area contributed by atoms with E-state index >= 15 is 0 Å². The predicted octanol–water partition coefficient (Wildman–Crippen LogP) is 4.14.